The summed E-state index contributed by atoms with van der Waals surface area (Å²) in [6, 6.07) is 17.1. The first kappa shape index (κ1) is 19.4. The smallest absolute Gasteiger partial charge is 0.241 e. The van der Waals surface area contributed by atoms with Gasteiger partial charge in [-0.3, -0.25) is 9.69 Å². The highest BCUT2D eigenvalue weighted by atomic mass is 16.5. The van der Waals surface area contributed by atoms with Gasteiger partial charge in [0.05, 0.1) is 13.2 Å². The first-order valence-electron chi connectivity index (χ1n) is 9.65. The first-order valence-corrected chi connectivity index (χ1v) is 9.65. The molecule has 1 heterocycles. The van der Waals surface area contributed by atoms with Crippen LogP contribution in [0.2, 0.25) is 0 Å². The number of nitrogens with one attached hydrogen (secondary N) is 1. The molecule has 3 N–H and O–H groups in total. The van der Waals surface area contributed by atoms with Crippen LogP contribution in [0.1, 0.15) is 42.5 Å². The SMILES string of the molecule is COc1ccc(C(CNC(=O)C(N)c2ccccc2)N2CCCCC2)cc1. The van der Waals surface area contributed by atoms with Crippen molar-refractivity contribution in [3.8, 4) is 5.75 Å². The highest BCUT2D eigenvalue weighted by Gasteiger charge is 2.24. The van der Waals surface area contributed by atoms with Crippen molar-refractivity contribution in [3.63, 3.8) is 0 Å². The van der Waals surface area contributed by atoms with E-state index < -0.39 is 6.04 Å². The summed E-state index contributed by atoms with van der Waals surface area (Å²) in [5.74, 6) is 0.697. The van der Waals surface area contributed by atoms with Crippen LogP contribution >= 0.6 is 0 Å². The summed E-state index contributed by atoms with van der Waals surface area (Å²) in [5, 5.41) is 3.07. The summed E-state index contributed by atoms with van der Waals surface area (Å²) in [5.41, 5.74) is 8.15. The lowest BCUT2D eigenvalue weighted by Crippen LogP contribution is -2.43. The number of nitrogens with two attached hydrogens (primary N) is 1. The fraction of sp³-hybridized carbons (Fsp3) is 0.409. The number of methoxy groups -OCH3 is 1. The van der Waals surface area contributed by atoms with Gasteiger partial charge >= 0.3 is 0 Å². The van der Waals surface area contributed by atoms with Crippen molar-refractivity contribution >= 4 is 5.91 Å². The maximum Gasteiger partial charge on any atom is 0.241 e. The van der Waals surface area contributed by atoms with Crippen molar-refractivity contribution in [1.29, 1.82) is 0 Å². The van der Waals surface area contributed by atoms with Crippen molar-refractivity contribution in [2.45, 2.75) is 31.3 Å². The Morgan fingerprint density at radius 2 is 1.70 bits per heavy atom. The molecule has 144 valence electrons. The number of benzene rings is 2. The normalized spacial score (nSPS) is 17.1. The van der Waals surface area contributed by atoms with Crippen LogP contribution in [0.25, 0.3) is 0 Å². The summed E-state index contributed by atoms with van der Waals surface area (Å²) < 4.78 is 5.27. The Morgan fingerprint density at radius 1 is 1.04 bits per heavy atom. The third-order valence-corrected chi connectivity index (χ3v) is 5.24. The van der Waals surface area contributed by atoms with Gasteiger partial charge < -0.3 is 15.8 Å². The first-order chi connectivity index (χ1) is 13.2. The number of likely N-dealkylation sites (tertiary alicyclic amines) is 1. The molecular formula is C22H29N3O2. The molecule has 1 fully saturated rings. The summed E-state index contributed by atoms with van der Waals surface area (Å²) in [7, 11) is 1.67. The molecule has 1 aliphatic rings. The van der Waals surface area contributed by atoms with E-state index in [1.54, 1.807) is 7.11 Å². The molecule has 0 aromatic heterocycles. The van der Waals surface area contributed by atoms with Gasteiger partial charge in [-0.05, 0) is 49.2 Å². The van der Waals surface area contributed by atoms with Crippen molar-refractivity contribution in [2.24, 2.45) is 5.73 Å². The van der Waals surface area contributed by atoms with Gasteiger partial charge in [0.25, 0.3) is 0 Å². The molecule has 2 unspecified atom stereocenters. The van der Waals surface area contributed by atoms with E-state index in [4.69, 9.17) is 10.5 Å². The molecule has 0 spiro atoms. The van der Waals surface area contributed by atoms with Crippen LogP contribution in [0, 0.1) is 0 Å². The van der Waals surface area contributed by atoms with Crippen molar-refractivity contribution in [2.75, 3.05) is 26.7 Å². The lowest BCUT2D eigenvalue weighted by atomic mass is 10.0. The predicted octanol–water partition coefficient (Wildman–Crippen LogP) is 3.04. The van der Waals surface area contributed by atoms with E-state index >= 15 is 0 Å². The van der Waals surface area contributed by atoms with Crippen LogP contribution in [0.4, 0.5) is 0 Å². The highest BCUT2D eigenvalue weighted by molar-refractivity contribution is 5.82. The number of hydrogen-bond donors (Lipinski definition) is 2. The van der Waals surface area contributed by atoms with Gasteiger partial charge in [0.1, 0.15) is 11.8 Å². The predicted molar refractivity (Wildman–Crippen MR) is 108 cm³/mol. The quantitative estimate of drug-likeness (QED) is 0.789. The van der Waals surface area contributed by atoms with Crippen LogP contribution in [-0.2, 0) is 4.79 Å². The number of hydrogen-bond acceptors (Lipinski definition) is 4. The number of ether oxygens (including phenoxy) is 1. The van der Waals surface area contributed by atoms with E-state index in [-0.39, 0.29) is 11.9 Å². The zero-order valence-electron chi connectivity index (χ0n) is 15.9. The van der Waals surface area contributed by atoms with Crippen molar-refractivity contribution in [1.82, 2.24) is 10.2 Å². The van der Waals surface area contributed by atoms with E-state index in [0.717, 1.165) is 24.4 Å². The second-order valence-corrected chi connectivity index (χ2v) is 7.02. The van der Waals surface area contributed by atoms with Gasteiger partial charge in [-0.15, -0.1) is 0 Å². The molecule has 27 heavy (non-hydrogen) atoms. The Morgan fingerprint density at radius 3 is 2.33 bits per heavy atom. The molecule has 5 heteroatoms. The fourth-order valence-corrected chi connectivity index (χ4v) is 3.63. The summed E-state index contributed by atoms with van der Waals surface area (Å²) in [6.07, 6.45) is 3.67. The van der Waals surface area contributed by atoms with Gasteiger partial charge in [0, 0.05) is 6.54 Å². The largest absolute Gasteiger partial charge is 0.497 e. The minimum atomic E-state index is -0.649. The molecule has 5 nitrogen and oxygen atoms in total. The number of rotatable bonds is 7. The monoisotopic (exact) mass is 367 g/mol. The molecule has 2 aromatic rings. The molecule has 0 bridgehead atoms. The van der Waals surface area contributed by atoms with Crippen LogP contribution in [-0.4, -0.2) is 37.6 Å². The maximum absolute atomic E-state index is 12.6. The molecular weight excluding hydrogens is 338 g/mol. The minimum absolute atomic E-state index is 0.142. The Kier molecular flexibility index (Phi) is 6.85. The Balaban J connectivity index is 1.69. The van der Waals surface area contributed by atoms with Gasteiger partial charge in [0.15, 0.2) is 0 Å². The van der Waals surface area contributed by atoms with Crippen LogP contribution < -0.4 is 15.8 Å². The molecule has 2 atom stereocenters. The lowest BCUT2D eigenvalue weighted by Gasteiger charge is -2.35. The maximum atomic E-state index is 12.6. The summed E-state index contributed by atoms with van der Waals surface area (Å²) in [4.78, 5) is 15.0. The third-order valence-electron chi connectivity index (χ3n) is 5.24. The number of amides is 1. The number of carbonyl (C=O) groups is 1. The number of piperidine rings is 1. The second kappa shape index (κ2) is 9.53. The zero-order valence-corrected chi connectivity index (χ0v) is 15.9. The standard InChI is InChI=1S/C22H29N3O2/c1-27-19-12-10-17(11-13-19)20(25-14-6-3-7-15-25)16-24-22(26)21(23)18-8-4-2-5-9-18/h2,4-5,8-13,20-21H,3,6-7,14-16,23H2,1H3,(H,24,26). The van der Waals surface area contributed by atoms with E-state index in [9.17, 15) is 4.79 Å². The van der Waals surface area contributed by atoms with Gasteiger partial charge in [-0.2, -0.15) is 0 Å². The van der Waals surface area contributed by atoms with Crippen LogP contribution in [0.5, 0.6) is 5.75 Å². The molecule has 0 radical (unpaired) electrons. The Bertz CT molecular complexity index is 712. The molecule has 0 saturated carbocycles. The van der Waals surface area contributed by atoms with E-state index in [1.165, 1.54) is 24.8 Å². The minimum Gasteiger partial charge on any atom is -0.497 e. The van der Waals surface area contributed by atoms with Crippen molar-refractivity contribution in [3.05, 3.63) is 65.7 Å². The third kappa shape index (κ3) is 5.08. The Labute approximate surface area is 161 Å². The lowest BCUT2D eigenvalue weighted by molar-refractivity contribution is -0.122. The van der Waals surface area contributed by atoms with E-state index in [2.05, 4.69) is 22.3 Å². The van der Waals surface area contributed by atoms with Gasteiger partial charge in [-0.1, -0.05) is 48.9 Å². The van der Waals surface area contributed by atoms with Crippen molar-refractivity contribution < 1.29 is 9.53 Å². The zero-order chi connectivity index (χ0) is 19.1. The highest BCUT2D eigenvalue weighted by Crippen LogP contribution is 2.26. The van der Waals surface area contributed by atoms with E-state index in [1.807, 2.05) is 42.5 Å². The summed E-state index contributed by atoms with van der Waals surface area (Å²) in [6.45, 7) is 2.65. The molecule has 1 aliphatic heterocycles. The fourth-order valence-electron chi connectivity index (χ4n) is 3.63. The molecule has 0 aliphatic carbocycles. The van der Waals surface area contributed by atoms with Crippen LogP contribution in [0.3, 0.4) is 0 Å². The van der Waals surface area contributed by atoms with Gasteiger partial charge in [0.2, 0.25) is 5.91 Å². The summed E-state index contributed by atoms with van der Waals surface area (Å²) >= 11 is 0. The number of nitrogens with zero attached hydrogens (tertiary/aromatic N) is 1. The molecule has 1 saturated heterocycles. The van der Waals surface area contributed by atoms with E-state index in [0.29, 0.717) is 6.54 Å². The van der Waals surface area contributed by atoms with Gasteiger partial charge in [-0.25, -0.2) is 0 Å². The average Bonchev–Trinajstić information content (AvgIpc) is 2.75. The molecule has 2 aromatic carbocycles. The molecule has 3 rings (SSSR count). The number of carbonyl (C=O) groups excluding carboxylic acids is 1. The average molecular weight is 367 g/mol. The molecule has 1 amide bonds. The van der Waals surface area contributed by atoms with Crippen LogP contribution in [0.15, 0.2) is 54.6 Å². The topological polar surface area (TPSA) is 67.6 Å². The second-order valence-electron chi connectivity index (χ2n) is 7.02. The Hall–Kier alpha value is -2.37.